The van der Waals surface area contributed by atoms with Gasteiger partial charge in [-0.15, -0.1) is 0 Å². The summed E-state index contributed by atoms with van der Waals surface area (Å²) in [5, 5.41) is 10.1. The first-order chi connectivity index (χ1) is 11.1. The van der Waals surface area contributed by atoms with E-state index in [1.165, 1.54) is 18.4 Å². The highest BCUT2D eigenvalue weighted by Gasteiger charge is 2.80. The van der Waals surface area contributed by atoms with Crippen LogP contribution >= 0.6 is 0 Å². The van der Waals surface area contributed by atoms with Crippen LogP contribution in [0.15, 0.2) is 42.0 Å². The van der Waals surface area contributed by atoms with Gasteiger partial charge in [-0.3, -0.25) is 4.79 Å². The van der Waals surface area contributed by atoms with E-state index in [2.05, 4.69) is 43.3 Å². The third-order valence-electron chi connectivity index (χ3n) is 7.81. The van der Waals surface area contributed by atoms with Crippen LogP contribution < -0.4 is 0 Å². The second kappa shape index (κ2) is 4.09. The highest BCUT2D eigenvalue weighted by Crippen LogP contribution is 2.85. The van der Waals surface area contributed by atoms with E-state index in [0.29, 0.717) is 11.8 Å². The van der Waals surface area contributed by atoms with Crippen molar-refractivity contribution in [1.29, 1.82) is 0 Å². The number of hydrogen-bond acceptors (Lipinski definition) is 1. The Bertz CT molecular complexity index is 721. The molecule has 0 saturated heterocycles. The van der Waals surface area contributed by atoms with E-state index in [9.17, 15) is 9.90 Å². The van der Waals surface area contributed by atoms with Crippen LogP contribution in [0.5, 0.6) is 0 Å². The smallest absolute Gasteiger partial charge is 0.309 e. The van der Waals surface area contributed by atoms with E-state index in [-0.39, 0.29) is 10.8 Å². The van der Waals surface area contributed by atoms with Crippen molar-refractivity contribution in [3.05, 3.63) is 47.5 Å². The zero-order chi connectivity index (χ0) is 15.9. The number of rotatable bonds is 3. The number of allylic oxidation sites excluding steroid dienone is 2. The van der Waals surface area contributed by atoms with E-state index >= 15 is 0 Å². The van der Waals surface area contributed by atoms with Crippen molar-refractivity contribution < 1.29 is 9.90 Å². The third kappa shape index (κ3) is 1.36. The molecule has 3 bridgehead atoms. The monoisotopic (exact) mass is 308 g/mol. The average Bonchev–Trinajstić information content (AvgIpc) is 2.82. The molecule has 4 aliphatic rings. The van der Waals surface area contributed by atoms with Gasteiger partial charge in [0.05, 0.1) is 5.41 Å². The molecule has 5 rings (SSSR count). The summed E-state index contributed by atoms with van der Waals surface area (Å²) < 4.78 is 0. The summed E-state index contributed by atoms with van der Waals surface area (Å²) in [7, 11) is 0. The number of benzene rings is 1. The van der Waals surface area contributed by atoms with Gasteiger partial charge in [0.15, 0.2) is 0 Å². The second-order valence-corrected chi connectivity index (χ2v) is 8.52. The summed E-state index contributed by atoms with van der Waals surface area (Å²) in [6, 6.07) is 10.8. The number of carboxylic acid groups (broad SMARTS) is 1. The Balaban J connectivity index is 1.70. The number of hydrogen-bond donors (Lipinski definition) is 1. The Morgan fingerprint density at radius 2 is 2.00 bits per heavy atom. The van der Waals surface area contributed by atoms with Crippen LogP contribution in [0.4, 0.5) is 0 Å². The predicted molar refractivity (Wildman–Crippen MR) is 89.1 cm³/mol. The summed E-state index contributed by atoms with van der Waals surface area (Å²) in [4.78, 5) is 12.2. The number of aliphatic carboxylic acids is 1. The minimum atomic E-state index is -0.539. The van der Waals surface area contributed by atoms with E-state index in [1.807, 2.05) is 0 Å². The van der Waals surface area contributed by atoms with Crippen molar-refractivity contribution in [2.75, 3.05) is 0 Å². The lowest BCUT2D eigenvalue weighted by molar-refractivity contribution is -0.151. The first-order valence-corrected chi connectivity index (χ1v) is 9.06. The molecule has 1 aromatic carbocycles. The van der Waals surface area contributed by atoms with Gasteiger partial charge in [-0.1, -0.05) is 48.9 Å². The average molecular weight is 308 g/mol. The Kier molecular flexibility index (Phi) is 2.46. The van der Waals surface area contributed by atoms with Crippen LogP contribution in [0.3, 0.4) is 0 Å². The Morgan fingerprint density at radius 3 is 2.70 bits per heavy atom. The van der Waals surface area contributed by atoms with Crippen molar-refractivity contribution in [1.82, 2.24) is 0 Å². The van der Waals surface area contributed by atoms with Crippen LogP contribution in [0, 0.1) is 22.7 Å². The van der Waals surface area contributed by atoms with Gasteiger partial charge < -0.3 is 5.11 Å². The number of fused-ring (bicyclic) bond motifs is 2. The standard InChI is InChI=1S/C21H24O2/c1-2-6-16-14-9-19(18(22)23)12-20(15-7-4-3-5-8-15)11-17(16)21(20,10-14)13-19/h3-8,14,17H,2,9-13H2,1H3,(H,22,23)/b16-6-. The van der Waals surface area contributed by atoms with Gasteiger partial charge in [-0.25, -0.2) is 0 Å². The predicted octanol–water partition coefficient (Wildman–Crippen LogP) is 4.56. The van der Waals surface area contributed by atoms with Gasteiger partial charge in [-0.2, -0.15) is 0 Å². The molecule has 1 aromatic rings. The van der Waals surface area contributed by atoms with Crippen molar-refractivity contribution in [3.8, 4) is 0 Å². The van der Waals surface area contributed by atoms with Crippen LogP contribution in [-0.2, 0) is 10.2 Å². The fourth-order valence-electron chi connectivity index (χ4n) is 7.28. The summed E-state index contributed by atoms with van der Waals surface area (Å²) in [5.74, 6) is 0.636. The Hall–Kier alpha value is -1.57. The first kappa shape index (κ1) is 13.8. The molecule has 0 radical (unpaired) electrons. The molecule has 2 nitrogen and oxygen atoms in total. The van der Waals surface area contributed by atoms with Gasteiger partial charge >= 0.3 is 5.97 Å². The quantitative estimate of drug-likeness (QED) is 0.831. The maximum absolute atomic E-state index is 12.2. The van der Waals surface area contributed by atoms with Crippen molar-refractivity contribution in [2.24, 2.45) is 22.7 Å². The van der Waals surface area contributed by atoms with Crippen molar-refractivity contribution in [3.63, 3.8) is 0 Å². The van der Waals surface area contributed by atoms with Gasteiger partial charge in [0.1, 0.15) is 0 Å². The molecule has 0 aliphatic heterocycles. The maximum atomic E-state index is 12.2. The molecule has 1 spiro atoms. The zero-order valence-electron chi connectivity index (χ0n) is 13.7. The maximum Gasteiger partial charge on any atom is 0.309 e. The SMILES string of the molecule is CC/C=C1/C2CC3(C(=O)O)CC4(c5ccccc5)CC1C4(C2)C3. The molecule has 0 heterocycles. The molecule has 5 unspecified atom stereocenters. The van der Waals surface area contributed by atoms with E-state index in [4.69, 9.17) is 0 Å². The van der Waals surface area contributed by atoms with E-state index in [1.54, 1.807) is 5.57 Å². The van der Waals surface area contributed by atoms with Gasteiger partial charge in [-0.05, 0) is 61.3 Å². The van der Waals surface area contributed by atoms with Crippen LogP contribution in [0.25, 0.3) is 0 Å². The van der Waals surface area contributed by atoms with Gasteiger partial charge in [0, 0.05) is 5.41 Å². The molecular weight excluding hydrogens is 284 g/mol. The fraction of sp³-hybridized carbons (Fsp3) is 0.571. The molecule has 4 aliphatic carbocycles. The van der Waals surface area contributed by atoms with E-state index < -0.39 is 11.4 Å². The largest absolute Gasteiger partial charge is 0.481 e. The third-order valence-corrected chi connectivity index (χ3v) is 7.81. The molecule has 0 amide bonds. The Morgan fingerprint density at radius 1 is 1.22 bits per heavy atom. The summed E-state index contributed by atoms with van der Waals surface area (Å²) in [5.41, 5.74) is 2.89. The van der Waals surface area contributed by atoms with Gasteiger partial charge in [0.25, 0.3) is 0 Å². The van der Waals surface area contributed by atoms with Crippen LogP contribution in [0.2, 0.25) is 0 Å². The normalized spacial score (nSPS) is 47.6. The summed E-state index contributed by atoms with van der Waals surface area (Å²) >= 11 is 0. The summed E-state index contributed by atoms with van der Waals surface area (Å²) in [6.07, 6.45) is 8.56. The van der Waals surface area contributed by atoms with Crippen LogP contribution in [-0.4, -0.2) is 11.1 Å². The van der Waals surface area contributed by atoms with Gasteiger partial charge in [0.2, 0.25) is 0 Å². The molecule has 0 aromatic heterocycles. The lowest BCUT2D eigenvalue weighted by Gasteiger charge is -2.59. The van der Waals surface area contributed by atoms with E-state index in [0.717, 1.165) is 25.7 Å². The minimum Gasteiger partial charge on any atom is -0.481 e. The molecule has 2 heteroatoms. The zero-order valence-corrected chi connectivity index (χ0v) is 13.7. The highest BCUT2D eigenvalue weighted by atomic mass is 16.4. The molecule has 4 saturated carbocycles. The Labute approximate surface area is 137 Å². The highest BCUT2D eigenvalue weighted by molar-refractivity contribution is 5.77. The molecule has 23 heavy (non-hydrogen) atoms. The minimum absolute atomic E-state index is 0.120. The van der Waals surface area contributed by atoms with Crippen molar-refractivity contribution in [2.45, 2.75) is 50.9 Å². The molecule has 1 N–H and O–H groups in total. The molecule has 5 atom stereocenters. The lowest BCUT2D eigenvalue weighted by atomic mass is 9.44. The topological polar surface area (TPSA) is 37.3 Å². The molecule has 4 fully saturated rings. The first-order valence-electron chi connectivity index (χ1n) is 9.06. The summed E-state index contributed by atoms with van der Waals surface area (Å²) in [6.45, 7) is 2.21. The van der Waals surface area contributed by atoms with Crippen molar-refractivity contribution >= 4 is 5.97 Å². The molecule has 120 valence electrons. The number of carboxylic acids is 1. The van der Waals surface area contributed by atoms with Crippen LogP contribution in [0.1, 0.15) is 51.0 Å². The second-order valence-electron chi connectivity index (χ2n) is 8.52. The lowest BCUT2D eigenvalue weighted by Crippen LogP contribution is -2.55. The fourth-order valence-corrected chi connectivity index (χ4v) is 7.28. The number of carbonyl (C=O) groups is 1. The molecular formula is C21H24O2.